The minimum atomic E-state index is 0.134. The van der Waals surface area contributed by atoms with Crippen LogP contribution in [0.1, 0.15) is 5.56 Å². The molecule has 1 aromatic carbocycles. The lowest BCUT2D eigenvalue weighted by Gasteiger charge is -2.10. The molecule has 0 amide bonds. The van der Waals surface area contributed by atoms with Gasteiger partial charge in [-0.1, -0.05) is 15.9 Å². The minimum absolute atomic E-state index is 0.134. The molecule has 90 valence electrons. The quantitative estimate of drug-likeness (QED) is 0.786. The topological polar surface area (TPSA) is 50.7 Å². The van der Waals surface area contributed by atoms with E-state index in [-0.39, 0.29) is 5.75 Å². The number of benzene rings is 1. The third kappa shape index (κ3) is 3.66. The summed E-state index contributed by atoms with van der Waals surface area (Å²) in [6.45, 7) is 2.15. The van der Waals surface area contributed by atoms with E-state index in [1.807, 2.05) is 0 Å². The molecule has 0 unspecified atom stereocenters. The van der Waals surface area contributed by atoms with E-state index >= 15 is 0 Å². The Kier molecular flexibility index (Phi) is 5.59. The zero-order valence-corrected chi connectivity index (χ0v) is 11.0. The van der Waals surface area contributed by atoms with Crippen LogP contribution in [0.4, 0.5) is 0 Å². The molecular weight excluding hydrogens is 274 g/mol. The summed E-state index contributed by atoms with van der Waals surface area (Å²) >= 11 is 3.39. The summed E-state index contributed by atoms with van der Waals surface area (Å²) in [7, 11) is 3.20. The molecule has 0 fully saturated rings. The van der Waals surface area contributed by atoms with Gasteiger partial charge in [-0.25, -0.2) is 0 Å². The van der Waals surface area contributed by atoms with Gasteiger partial charge >= 0.3 is 0 Å². The Morgan fingerprint density at radius 3 is 2.75 bits per heavy atom. The molecule has 0 radical (unpaired) electrons. The van der Waals surface area contributed by atoms with Gasteiger partial charge < -0.3 is 19.9 Å². The van der Waals surface area contributed by atoms with E-state index in [0.29, 0.717) is 18.9 Å². The van der Waals surface area contributed by atoms with Crippen LogP contribution in [0.3, 0.4) is 0 Å². The van der Waals surface area contributed by atoms with E-state index in [2.05, 4.69) is 21.2 Å². The first-order valence-corrected chi connectivity index (χ1v) is 5.73. The Balaban J connectivity index is 2.64. The number of phenols is 1. The Morgan fingerprint density at radius 2 is 2.12 bits per heavy atom. The van der Waals surface area contributed by atoms with Gasteiger partial charge in [-0.15, -0.1) is 0 Å². The van der Waals surface area contributed by atoms with E-state index in [1.54, 1.807) is 19.2 Å². The molecule has 0 aliphatic heterocycles. The molecule has 0 saturated heterocycles. The molecule has 0 aliphatic rings. The van der Waals surface area contributed by atoms with Crippen LogP contribution in [-0.4, -0.2) is 32.5 Å². The predicted molar refractivity (Wildman–Crippen MR) is 65.9 cm³/mol. The molecule has 0 heterocycles. The second kappa shape index (κ2) is 6.73. The van der Waals surface area contributed by atoms with Crippen molar-refractivity contribution >= 4 is 15.9 Å². The van der Waals surface area contributed by atoms with E-state index in [0.717, 1.165) is 16.6 Å². The number of rotatable bonds is 6. The third-order valence-corrected chi connectivity index (χ3v) is 2.88. The number of phenolic OH excluding ortho intramolecular Hbond substituents is 1. The lowest BCUT2D eigenvalue weighted by atomic mass is 10.2. The van der Waals surface area contributed by atoms with E-state index in [1.165, 1.54) is 7.11 Å². The Hall–Kier alpha value is -0.780. The van der Waals surface area contributed by atoms with E-state index in [9.17, 15) is 5.11 Å². The smallest absolute Gasteiger partial charge is 0.160 e. The highest BCUT2D eigenvalue weighted by Gasteiger charge is 2.07. The summed E-state index contributed by atoms with van der Waals surface area (Å²) in [6.07, 6.45) is 0. The molecule has 0 bridgehead atoms. The second-order valence-electron chi connectivity index (χ2n) is 3.29. The summed E-state index contributed by atoms with van der Waals surface area (Å²) in [5.41, 5.74) is 1.03. The van der Waals surface area contributed by atoms with Crippen LogP contribution in [0.2, 0.25) is 0 Å². The largest absolute Gasteiger partial charge is 0.504 e. The number of nitrogens with one attached hydrogen (secondary N) is 1. The minimum Gasteiger partial charge on any atom is -0.504 e. The Labute approximate surface area is 104 Å². The number of hydrogen-bond acceptors (Lipinski definition) is 4. The fourth-order valence-electron chi connectivity index (χ4n) is 1.28. The fraction of sp³-hybridized carbons (Fsp3) is 0.455. The number of aromatic hydroxyl groups is 1. The van der Waals surface area contributed by atoms with Gasteiger partial charge in [-0.05, 0) is 17.7 Å². The molecule has 0 aromatic heterocycles. The summed E-state index contributed by atoms with van der Waals surface area (Å²) in [5, 5.41) is 12.8. The molecule has 0 spiro atoms. The molecule has 1 aromatic rings. The SMILES string of the molecule is COCCNCc1cc(OC)c(O)cc1Br. The molecule has 5 heteroatoms. The number of halogens is 1. The number of methoxy groups -OCH3 is 2. The van der Waals surface area contributed by atoms with E-state index in [4.69, 9.17) is 9.47 Å². The van der Waals surface area contributed by atoms with Crippen molar-refractivity contribution in [1.29, 1.82) is 0 Å². The fourth-order valence-corrected chi connectivity index (χ4v) is 1.75. The normalized spacial score (nSPS) is 10.4. The molecule has 0 saturated carbocycles. The summed E-state index contributed by atoms with van der Waals surface area (Å²) < 4.78 is 10.8. The van der Waals surface area contributed by atoms with Crippen molar-refractivity contribution in [1.82, 2.24) is 5.32 Å². The van der Waals surface area contributed by atoms with E-state index < -0.39 is 0 Å². The highest BCUT2D eigenvalue weighted by atomic mass is 79.9. The van der Waals surface area contributed by atoms with Crippen LogP contribution >= 0.6 is 15.9 Å². The summed E-state index contributed by atoms with van der Waals surface area (Å²) in [5.74, 6) is 0.613. The van der Waals surface area contributed by atoms with Crippen molar-refractivity contribution in [3.05, 3.63) is 22.2 Å². The van der Waals surface area contributed by atoms with Crippen molar-refractivity contribution < 1.29 is 14.6 Å². The first-order chi connectivity index (χ1) is 7.69. The maximum atomic E-state index is 9.53. The van der Waals surface area contributed by atoms with Crippen molar-refractivity contribution in [2.45, 2.75) is 6.54 Å². The van der Waals surface area contributed by atoms with Gasteiger partial charge in [0.25, 0.3) is 0 Å². The van der Waals surface area contributed by atoms with Crippen molar-refractivity contribution in [2.75, 3.05) is 27.4 Å². The van der Waals surface area contributed by atoms with Gasteiger partial charge in [0, 0.05) is 24.7 Å². The third-order valence-electron chi connectivity index (χ3n) is 2.15. The van der Waals surface area contributed by atoms with Gasteiger partial charge in [0.2, 0.25) is 0 Å². The van der Waals surface area contributed by atoms with Crippen LogP contribution < -0.4 is 10.1 Å². The Morgan fingerprint density at radius 1 is 1.38 bits per heavy atom. The molecule has 0 aliphatic carbocycles. The van der Waals surface area contributed by atoms with Crippen molar-refractivity contribution in [2.24, 2.45) is 0 Å². The lowest BCUT2D eigenvalue weighted by molar-refractivity contribution is 0.199. The first-order valence-electron chi connectivity index (χ1n) is 4.94. The monoisotopic (exact) mass is 289 g/mol. The van der Waals surface area contributed by atoms with Gasteiger partial charge in [0.05, 0.1) is 13.7 Å². The maximum absolute atomic E-state index is 9.53. The molecule has 0 atom stereocenters. The van der Waals surface area contributed by atoms with Gasteiger partial charge in [0.1, 0.15) is 0 Å². The molecule has 4 nitrogen and oxygen atoms in total. The van der Waals surface area contributed by atoms with Gasteiger partial charge in [-0.3, -0.25) is 0 Å². The van der Waals surface area contributed by atoms with Crippen LogP contribution in [0, 0.1) is 0 Å². The van der Waals surface area contributed by atoms with Crippen LogP contribution in [0.25, 0.3) is 0 Å². The number of ether oxygens (including phenoxy) is 2. The summed E-state index contributed by atoms with van der Waals surface area (Å²) in [6, 6.07) is 3.44. The van der Waals surface area contributed by atoms with Crippen molar-refractivity contribution in [3.8, 4) is 11.5 Å². The second-order valence-corrected chi connectivity index (χ2v) is 4.14. The molecular formula is C11H16BrNO3. The average molecular weight is 290 g/mol. The van der Waals surface area contributed by atoms with Crippen LogP contribution in [0.5, 0.6) is 11.5 Å². The van der Waals surface area contributed by atoms with Crippen molar-refractivity contribution in [3.63, 3.8) is 0 Å². The van der Waals surface area contributed by atoms with Gasteiger partial charge in [-0.2, -0.15) is 0 Å². The summed E-state index contributed by atoms with van der Waals surface area (Å²) in [4.78, 5) is 0. The molecule has 2 N–H and O–H groups in total. The zero-order chi connectivity index (χ0) is 12.0. The standard InChI is InChI=1S/C11H16BrNO3/c1-15-4-3-13-7-8-5-11(16-2)10(14)6-9(8)12/h5-6,13-14H,3-4,7H2,1-2H3. The molecule has 1 rings (SSSR count). The zero-order valence-electron chi connectivity index (χ0n) is 9.42. The highest BCUT2D eigenvalue weighted by Crippen LogP contribution is 2.32. The highest BCUT2D eigenvalue weighted by molar-refractivity contribution is 9.10. The maximum Gasteiger partial charge on any atom is 0.160 e. The van der Waals surface area contributed by atoms with Crippen LogP contribution in [-0.2, 0) is 11.3 Å². The molecule has 16 heavy (non-hydrogen) atoms. The number of hydrogen-bond donors (Lipinski definition) is 2. The predicted octanol–water partition coefficient (Wildman–Crippen LogP) is 1.90. The Bertz CT molecular complexity index is 344. The lowest BCUT2D eigenvalue weighted by Crippen LogP contribution is -2.18. The van der Waals surface area contributed by atoms with Crippen LogP contribution in [0.15, 0.2) is 16.6 Å². The average Bonchev–Trinajstić information content (AvgIpc) is 2.27. The first kappa shape index (κ1) is 13.3. The van der Waals surface area contributed by atoms with Gasteiger partial charge in [0.15, 0.2) is 11.5 Å².